The molecule has 0 unspecified atom stereocenters. The Morgan fingerprint density at radius 2 is 1.91 bits per heavy atom. The molecular weight excluding hydrogens is 484 g/mol. The molecule has 1 aliphatic rings. The smallest absolute Gasteiger partial charge is 0.240 e. The van der Waals surface area contributed by atoms with Crippen LogP contribution < -0.4 is 20.3 Å². The number of nitrogens with zero attached hydrogens (tertiary/aromatic N) is 3. The van der Waals surface area contributed by atoms with Gasteiger partial charge in [0.25, 0.3) is 0 Å². The van der Waals surface area contributed by atoms with E-state index in [0.717, 1.165) is 53.6 Å². The van der Waals surface area contributed by atoms with Gasteiger partial charge in [-0.25, -0.2) is 0 Å². The van der Waals surface area contributed by atoms with E-state index in [2.05, 4.69) is 78.4 Å². The lowest BCUT2D eigenvalue weighted by Crippen LogP contribution is -2.44. The molecule has 0 amide bonds. The van der Waals surface area contributed by atoms with Crippen molar-refractivity contribution in [1.82, 2.24) is 15.1 Å². The number of carbonyl (C=O) groups excluding carboxylic acids is 1. The zero-order valence-electron chi connectivity index (χ0n) is 18.8. The van der Waals surface area contributed by atoms with Gasteiger partial charge in [0.2, 0.25) is 5.88 Å². The van der Waals surface area contributed by atoms with Gasteiger partial charge in [0.1, 0.15) is 17.9 Å². The number of halogens is 1. The van der Waals surface area contributed by atoms with Crippen LogP contribution in [-0.2, 0) is 4.79 Å². The molecule has 2 heterocycles. The summed E-state index contributed by atoms with van der Waals surface area (Å²) in [7, 11) is 4.04. The van der Waals surface area contributed by atoms with Crippen molar-refractivity contribution in [3.63, 3.8) is 0 Å². The second kappa shape index (κ2) is 12.1. The maximum atomic E-state index is 9.06. The summed E-state index contributed by atoms with van der Waals surface area (Å²) in [6, 6.07) is 16.0. The van der Waals surface area contributed by atoms with Crippen LogP contribution in [0.1, 0.15) is 0 Å². The van der Waals surface area contributed by atoms with Crippen LogP contribution in [0, 0.1) is 0 Å². The summed E-state index contributed by atoms with van der Waals surface area (Å²) in [6.07, 6.45) is 1.83. The van der Waals surface area contributed by atoms with Crippen molar-refractivity contribution in [2.75, 3.05) is 55.8 Å². The van der Waals surface area contributed by atoms with Crippen molar-refractivity contribution in [3.8, 4) is 11.6 Å². The van der Waals surface area contributed by atoms with Crippen LogP contribution in [0.15, 0.2) is 65.7 Å². The third kappa shape index (κ3) is 7.10. The van der Waals surface area contributed by atoms with Gasteiger partial charge in [-0.2, -0.15) is 0 Å². The molecule has 9 heteroatoms. The number of benzene rings is 2. The summed E-state index contributed by atoms with van der Waals surface area (Å²) in [5, 5.41) is 13.7. The normalized spacial score (nSPS) is 13.5. The highest BCUT2D eigenvalue weighted by Gasteiger charge is 2.15. The van der Waals surface area contributed by atoms with Crippen LogP contribution in [0.4, 0.5) is 22.9 Å². The molecule has 0 aliphatic carbocycles. The Morgan fingerprint density at radius 1 is 1.15 bits per heavy atom. The molecule has 1 fully saturated rings. The molecule has 4 rings (SSSR count). The second-order valence-electron chi connectivity index (χ2n) is 7.45. The summed E-state index contributed by atoms with van der Waals surface area (Å²) >= 11 is 3.69. The summed E-state index contributed by atoms with van der Waals surface area (Å²) in [5.41, 5.74) is 3.18. The number of aromatic amines is 1. The first kappa shape index (κ1) is 24.3. The van der Waals surface area contributed by atoms with Gasteiger partial charge in [-0.05, 0) is 59.4 Å². The second-order valence-corrected chi connectivity index (χ2v) is 8.31. The number of H-pyrrole nitrogens is 1. The van der Waals surface area contributed by atoms with Gasteiger partial charge in [-0.1, -0.05) is 12.6 Å². The first-order valence-corrected chi connectivity index (χ1v) is 11.4. The quantitative estimate of drug-likeness (QED) is 0.307. The molecule has 33 heavy (non-hydrogen) atoms. The number of allylic oxidation sites excluding steroid dienone is 1. The molecule has 1 aliphatic heterocycles. The zero-order valence-corrected chi connectivity index (χ0v) is 20.4. The number of nitrogens with one attached hydrogen (secondary N) is 3. The van der Waals surface area contributed by atoms with Crippen LogP contribution >= 0.6 is 15.9 Å². The highest BCUT2D eigenvalue weighted by atomic mass is 79.9. The average Bonchev–Trinajstić information content (AvgIpc) is 3.28. The largest absolute Gasteiger partial charge is 0.437 e. The number of ether oxygens (including phenoxy) is 1. The van der Waals surface area contributed by atoms with Crippen LogP contribution in [0.3, 0.4) is 0 Å². The van der Waals surface area contributed by atoms with Gasteiger partial charge in [-0.15, -0.1) is 5.10 Å². The highest BCUT2D eigenvalue weighted by Crippen LogP contribution is 2.31. The monoisotopic (exact) mass is 512 g/mol. The van der Waals surface area contributed by atoms with Crippen molar-refractivity contribution in [2.24, 2.45) is 0 Å². The number of aromatic nitrogens is 2. The van der Waals surface area contributed by atoms with E-state index in [9.17, 15) is 0 Å². The van der Waals surface area contributed by atoms with E-state index < -0.39 is 0 Å². The standard InChI is InChI=1S/C21H25BrN6O.C3H4O/c1-23-15-4-3-5-17(12-15)29-21-14-20(25-26-21)24-19-7-6-16(13-18(19)22)28-10-8-27(2)9-11-28;1-2-3-4/h3-7,12-14,23H,8-11H2,1-2H3,(H2,24,25,26);2-3H,1H2. The minimum atomic E-state index is 0.505. The Hall–Kier alpha value is -3.30. The van der Waals surface area contributed by atoms with Crippen LogP contribution in [0.2, 0.25) is 0 Å². The van der Waals surface area contributed by atoms with Gasteiger partial charge < -0.3 is 25.2 Å². The molecule has 0 radical (unpaired) electrons. The number of likely N-dealkylation sites (N-methyl/N-ethyl adjacent to an activating group) is 1. The lowest BCUT2D eigenvalue weighted by molar-refractivity contribution is -0.104. The third-order valence-electron chi connectivity index (χ3n) is 5.09. The highest BCUT2D eigenvalue weighted by molar-refractivity contribution is 9.10. The summed E-state index contributed by atoms with van der Waals surface area (Å²) in [4.78, 5) is 13.8. The summed E-state index contributed by atoms with van der Waals surface area (Å²) in [5.74, 6) is 2.00. The van der Waals surface area contributed by atoms with Crippen molar-refractivity contribution in [2.45, 2.75) is 0 Å². The third-order valence-corrected chi connectivity index (χ3v) is 5.74. The number of hydrogen-bond donors (Lipinski definition) is 3. The van der Waals surface area contributed by atoms with Crippen molar-refractivity contribution in [1.29, 1.82) is 0 Å². The first-order chi connectivity index (χ1) is 16.0. The van der Waals surface area contributed by atoms with Crippen molar-refractivity contribution < 1.29 is 9.53 Å². The lowest BCUT2D eigenvalue weighted by Gasteiger charge is -2.34. The van der Waals surface area contributed by atoms with Crippen LogP contribution in [0.5, 0.6) is 11.6 Å². The number of aldehydes is 1. The molecule has 2 aromatic carbocycles. The Morgan fingerprint density at radius 3 is 2.58 bits per heavy atom. The Balaban J connectivity index is 0.000000709. The number of piperazine rings is 1. The van der Waals surface area contributed by atoms with E-state index in [1.165, 1.54) is 11.8 Å². The molecule has 0 saturated carbocycles. The van der Waals surface area contributed by atoms with E-state index in [0.29, 0.717) is 12.2 Å². The molecule has 3 aromatic rings. The van der Waals surface area contributed by atoms with E-state index in [4.69, 9.17) is 9.53 Å². The fraction of sp³-hybridized carbons (Fsp3) is 0.250. The summed E-state index contributed by atoms with van der Waals surface area (Å²) < 4.78 is 6.84. The van der Waals surface area contributed by atoms with Crippen LogP contribution in [-0.4, -0.2) is 61.7 Å². The fourth-order valence-corrected chi connectivity index (χ4v) is 3.73. The topological polar surface area (TPSA) is 85.5 Å². The van der Waals surface area contributed by atoms with Crippen molar-refractivity contribution >= 4 is 45.1 Å². The van der Waals surface area contributed by atoms with Gasteiger partial charge >= 0.3 is 0 Å². The predicted octanol–water partition coefficient (Wildman–Crippen LogP) is 4.87. The van der Waals surface area contributed by atoms with Gasteiger partial charge in [0.05, 0.1) is 5.69 Å². The minimum absolute atomic E-state index is 0.505. The predicted molar refractivity (Wildman–Crippen MR) is 138 cm³/mol. The maximum Gasteiger partial charge on any atom is 0.240 e. The van der Waals surface area contributed by atoms with E-state index in [1.807, 2.05) is 37.4 Å². The Labute approximate surface area is 202 Å². The van der Waals surface area contributed by atoms with Gasteiger partial charge in [-0.3, -0.25) is 9.89 Å². The maximum absolute atomic E-state index is 9.06. The van der Waals surface area contributed by atoms with Gasteiger partial charge in [0, 0.05) is 61.2 Å². The first-order valence-electron chi connectivity index (χ1n) is 10.6. The number of hydrogen-bond acceptors (Lipinski definition) is 7. The molecule has 0 atom stereocenters. The molecule has 3 N–H and O–H groups in total. The van der Waals surface area contributed by atoms with Crippen molar-refractivity contribution in [3.05, 3.63) is 65.7 Å². The Bertz CT molecular complexity index is 1060. The van der Waals surface area contributed by atoms with E-state index >= 15 is 0 Å². The molecule has 0 spiro atoms. The average molecular weight is 513 g/mol. The molecule has 1 saturated heterocycles. The molecular formula is C24H29BrN6O2. The van der Waals surface area contributed by atoms with Crippen LogP contribution in [0.25, 0.3) is 0 Å². The molecule has 1 aromatic heterocycles. The SMILES string of the molecule is C=CC=O.CNc1cccc(Oc2cc(Nc3ccc(N4CCN(C)CC4)cc3Br)[nH]n2)c1. The summed E-state index contributed by atoms with van der Waals surface area (Å²) in [6.45, 7) is 7.38. The number of anilines is 4. The molecule has 174 valence electrons. The lowest BCUT2D eigenvalue weighted by atomic mass is 10.2. The minimum Gasteiger partial charge on any atom is -0.437 e. The number of rotatable bonds is 7. The molecule has 0 bridgehead atoms. The fourth-order valence-electron chi connectivity index (χ4n) is 3.27. The Kier molecular flexibility index (Phi) is 8.91. The van der Waals surface area contributed by atoms with E-state index in [1.54, 1.807) is 0 Å². The molecule has 8 nitrogen and oxygen atoms in total. The van der Waals surface area contributed by atoms with E-state index in [-0.39, 0.29) is 0 Å². The zero-order chi connectivity index (χ0) is 23.6. The van der Waals surface area contributed by atoms with Gasteiger partial charge in [0.15, 0.2) is 0 Å². The number of carbonyl (C=O) groups is 1.